The second-order valence-corrected chi connectivity index (χ2v) is 7.63. The van der Waals surface area contributed by atoms with Crippen molar-refractivity contribution >= 4 is 46.4 Å². The van der Waals surface area contributed by atoms with Crippen LogP contribution in [0.2, 0.25) is 10.0 Å². The number of benzene rings is 2. The van der Waals surface area contributed by atoms with E-state index in [1.54, 1.807) is 30.3 Å². The fraction of sp³-hybridized carbons (Fsp3) is 0.333. The van der Waals surface area contributed by atoms with E-state index in [4.69, 9.17) is 23.2 Å². The molecule has 1 fully saturated rings. The Kier molecular flexibility index (Phi) is 7.18. The van der Waals surface area contributed by atoms with Crippen LogP contribution in [0.25, 0.3) is 0 Å². The van der Waals surface area contributed by atoms with E-state index in [0.717, 1.165) is 31.6 Å². The van der Waals surface area contributed by atoms with Crippen molar-refractivity contribution in [3.63, 3.8) is 0 Å². The minimum Gasteiger partial charge on any atom is -0.376 e. The first-order valence-electron chi connectivity index (χ1n) is 9.41. The highest BCUT2D eigenvalue weighted by atomic mass is 35.5. The van der Waals surface area contributed by atoms with E-state index in [1.165, 1.54) is 12.8 Å². The molecule has 5 nitrogen and oxygen atoms in total. The maximum Gasteiger partial charge on any atom is 0.253 e. The van der Waals surface area contributed by atoms with E-state index in [9.17, 15) is 9.59 Å². The number of amides is 2. The molecule has 0 aromatic heterocycles. The number of halogens is 2. The average molecular weight is 420 g/mol. The van der Waals surface area contributed by atoms with Crippen LogP contribution in [-0.2, 0) is 4.79 Å². The summed E-state index contributed by atoms with van der Waals surface area (Å²) >= 11 is 11.8. The molecule has 28 heavy (non-hydrogen) atoms. The minimum absolute atomic E-state index is 0.0748. The molecule has 0 saturated carbocycles. The molecule has 1 heterocycles. The van der Waals surface area contributed by atoms with Crippen molar-refractivity contribution in [2.24, 2.45) is 0 Å². The second kappa shape index (κ2) is 9.80. The Morgan fingerprint density at radius 1 is 0.857 bits per heavy atom. The van der Waals surface area contributed by atoms with Gasteiger partial charge in [-0.1, -0.05) is 36.0 Å². The van der Waals surface area contributed by atoms with Crippen LogP contribution in [0.4, 0.5) is 11.4 Å². The third-order valence-corrected chi connectivity index (χ3v) is 5.42. The first-order valence-corrected chi connectivity index (χ1v) is 10.2. The zero-order valence-corrected chi connectivity index (χ0v) is 17.0. The summed E-state index contributed by atoms with van der Waals surface area (Å²) in [5, 5.41) is 6.63. The van der Waals surface area contributed by atoms with Gasteiger partial charge in [0.15, 0.2) is 0 Å². The van der Waals surface area contributed by atoms with Crippen LogP contribution in [0, 0.1) is 0 Å². The maximum absolute atomic E-state index is 12.6. The molecular weight excluding hydrogens is 397 g/mol. The minimum atomic E-state index is -0.205. The Morgan fingerprint density at radius 2 is 1.50 bits per heavy atom. The van der Waals surface area contributed by atoms with Crippen molar-refractivity contribution in [1.29, 1.82) is 0 Å². The van der Waals surface area contributed by atoms with Gasteiger partial charge < -0.3 is 15.5 Å². The van der Waals surface area contributed by atoms with Gasteiger partial charge in [-0.3, -0.25) is 9.59 Å². The molecule has 0 unspecified atom stereocenters. The topological polar surface area (TPSA) is 61.4 Å². The van der Waals surface area contributed by atoms with Crippen molar-refractivity contribution in [3.05, 3.63) is 58.1 Å². The Balaban J connectivity index is 1.51. The third kappa shape index (κ3) is 5.63. The van der Waals surface area contributed by atoms with Gasteiger partial charge in [0.25, 0.3) is 5.91 Å². The van der Waals surface area contributed by atoms with Crippen molar-refractivity contribution in [2.75, 3.05) is 30.3 Å². The number of rotatable bonds is 5. The predicted molar refractivity (Wildman–Crippen MR) is 114 cm³/mol. The van der Waals surface area contributed by atoms with Gasteiger partial charge in [-0.2, -0.15) is 0 Å². The Bertz CT molecular complexity index is 832. The lowest BCUT2D eigenvalue weighted by molar-refractivity contribution is -0.114. The number of carbonyl (C=O) groups is 2. The largest absolute Gasteiger partial charge is 0.376 e. The number of nitrogens with zero attached hydrogens (tertiary/aromatic N) is 1. The van der Waals surface area contributed by atoms with Gasteiger partial charge in [-0.25, -0.2) is 0 Å². The molecule has 2 aromatic carbocycles. The highest BCUT2D eigenvalue weighted by Crippen LogP contribution is 2.25. The van der Waals surface area contributed by atoms with Gasteiger partial charge in [0.05, 0.1) is 16.6 Å². The van der Waals surface area contributed by atoms with Gasteiger partial charge in [0.1, 0.15) is 0 Å². The smallest absolute Gasteiger partial charge is 0.253 e. The summed E-state index contributed by atoms with van der Waals surface area (Å²) in [5.41, 5.74) is 2.03. The standard InChI is InChI=1S/C21H23Cl2N3O2/c22-18-10-9-17(13-19(18)23)25-20(27)14-24-16-7-5-15(6-8-16)21(28)26-11-3-1-2-4-12-26/h5-10,13,24H,1-4,11-12,14H2,(H,25,27). The quantitative estimate of drug-likeness (QED) is 0.711. The normalized spacial score (nSPS) is 14.3. The van der Waals surface area contributed by atoms with E-state index in [-0.39, 0.29) is 18.4 Å². The molecule has 0 spiro atoms. The summed E-state index contributed by atoms with van der Waals surface area (Å²) in [7, 11) is 0. The lowest BCUT2D eigenvalue weighted by Gasteiger charge is -2.20. The molecule has 2 amide bonds. The number of hydrogen-bond acceptors (Lipinski definition) is 3. The molecule has 1 aliphatic rings. The average Bonchev–Trinajstić information content (AvgIpc) is 2.99. The molecular formula is C21H23Cl2N3O2. The van der Waals surface area contributed by atoms with Gasteiger partial charge in [0, 0.05) is 30.0 Å². The van der Waals surface area contributed by atoms with Crippen LogP contribution < -0.4 is 10.6 Å². The number of hydrogen-bond donors (Lipinski definition) is 2. The van der Waals surface area contributed by atoms with Crippen LogP contribution in [0.15, 0.2) is 42.5 Å². The molecule has 0 bridgehead atoms. The van der Waals surface area contributed by atoms with Crippen molar-refractivity contribution in [2.45, 2.75) is 25.7 Å². The summed E-state index contributed by atoms with van der Waals surface area (Å²) in [6, 6.07) is 12.2. The van der Waals surface area contributed by atoms with E-state index >= 15 is 0 Å². The number of nitrogens with one attached hydrogen (secondary N) is 2. The number of carbonyl (C=O) groups excluding carboxylic acids is 2. The monoisotopic (exact) mass is 419 g/mol. The van der Waals surface area contributed by atoms with Crippen molar-refractivity contribution in [1.82, 2.24) is 4.90 Å². The number of likely N-dealkylation sites (tertiary alicyclic amines) is 1. The van der Waals surface area contributed by atoms with E-state index in [2.05, 4.69) is 10.6 Å². The summed E-state index contributed by atoms with van der Waals surface area (Å²) in [6.07, 6.45) is 4.52. The lowest BCUT2D eigenvalue weighted by atomic mass is 10.1. The molecule has 1 aliphatic heterocycles. The molecule has 0 atom stereocenters. The van der Waals surface area contributed by atoms with Gasteiger partial charge in [-0.15, -0.1) is 0 Å². The van der Waals surface area contributed by atoms with Crippen LogP contribution in [0.5, 0.6) is 0 Å². The van der Waals surface area contributed by atoms with Crippen LogP contribution in [-0.4, -0.2) is 36.3 Å². The molecule has 1 saturated heterocycles. The highest BCUT2D eigenvalue weighted by molar-refractivity contribution is 6.42. The van der Waals surface area contributed by atoms with E-state index in [1.807, 2.05) is 17.0 Å². The Hall–Kier alpha value is -2.24. The zero-order valence-electron chi connectivity index (χ0n) is 15.5. The predicted octanol–water partition coefficient (Wildman–Crippen LogP) is 5.06. The SMILES string of the molecule is O=C(CNc1ccc(C(=O)N2CCCCCC2)cc1)Nc1ccc(Cl)c(Cl)c1. The summed E-state index contributed by atoms with van der Waals surface area (Å²) in [5.74, 6) is -0.131. The fourth-order valence-corrected chi connectivity index (χ4v) is 3.45. The summed E-state index contributed by atoms with van der Waals surface area (Å²) in [6.45, 7) is 1.75. The van der Waals surface area contributed by atoms with Gasteiger partial charge >= 0.3 is 0 Å². The van der Waals surface area contributed by atoms with Crippen molar-refractivity contribution < 1.29 is 9.59 Å². The molecule has 0 radical (unpaired) electrons. The van der Waals surface area contributed by atoms with Crippen LogP contribution in [0.3, 0.4) is 0 Å². The molecule has 7 heteroatoms. The zero-order chi connectivity index (χ0) is 19.9. The van der Waals surface area contributed by atoms with E-state index < -0.39 is 0 Å². The summed E-state index contributed by atoms with van der Waals surface area (Å²) in [4.78, 5) is 26.6. The van der Waals surface area contributed by atoms with Crippen LogP contribution >= 0.6 is 23.2 Å². The molecule has 2 aromatic rings. The third-order valence-electron chi connectivity index (χ3n) is 4.68. The first-order chi connectivity index (χ1) is 13.5. The van der Waals surface area contributed by atoms with Crippen LogP contribution in [0.1, 0.15) is 36.0 Å². The molecule has 0 aliphatic carbocycles. The Morgan fingerprint density at radius 3 is 2.14 bits per heavy atom. The molecule has 3 rings (SSSR count). The maximum atomic E-state index is 12.6. The van der Waals surface area contributed by atoms with E-state index in [0.29, 0.717) is 21.3 Å². The lowest BCUT2D eigenvalue weighted by Crippen LogP contribution is -2.31. The fourth-order valence-electron chi connectivity index (χ4n) is 3.15. The summed E-state index contributed by atoms with van der Waals surface area (Å²) < 4.78 is 0. The highest BCUT2D eigenvalue weighted by Gasteiger charge is 2.17. The van der Waals surface area contributed by atoms with Gasteiger partial charge in [-0.05, 0) is 55.3 Å². The Labute approximate surface area is 175 Å². The number of anilines is 2. The second-order valence-electron chi connectivity index (χ2n) is 6.81. The van der Waals surface area contributed by atoms with Crippen molar-refractivity contribution in [3.8, 4) is 0 Å². The first kappa shape index (κ1) is 20.5. The van der Waals surface area contributed by atoms with Gasteiger partial charge in [0.2, 0.25) is 5.91 Å². The molecule has 2 N–H and O–H groups in total. The molecule has 148 valence electrons.